The summed E-state index contributed by atoms with van der Waals surface area (Å²) < 4.78 is 0.909. The number of amides is 1. The molecule has 18 heavy (non-hydrogen) atoms. The molecule has 0 radical (unpaired) electrons. The summed E-state index contributed by atoms with van der Waals surface area (Å²) in [6.45, 7) is 6.65. The number of nitrogens with one attached hydrogen (secondary N) is 1. The Kier molecular flexibility index (Phi) is 5.82. The van der Waals surface area contributed by atoms with Crippen LogP contribution in [-0.2, 0) is 0 Å². The largest absolute Gasteiger partial charge is 0.348 e. The number of carbonyl (C=O) groups is 1. The van der Waals surface area contributed by atoms with Crippen molar-refractivity contribution in [3.63, 3.8) is 0 Å². The van der Waals surface area contributed by atoms with Crippen molar-refractivity contribution >= 4 is 21.8 Å². The third-order valence-electron chi connectivity index (χ3n) is 2.82. The molecule has 0 aliphatic heterocycles. The molecule has 0 bridgehead atoms. The van der Waals surface area contributed by atoms with E-state index in [2.05, 4.69) is 35.1 Å². The van der Waals surface area contributed by atoms with Crippen molar-refractivity contribution in [1.29, 1.82) is 0 Å². The number of benzene rings is 1. The van der Waals surface area contributed by atoms with E-state index in [0.29, 0.717) is 18.0 Å². The van der Waals surface area contributed by atoms with Gasteiger partial charge in [-0.15, -0.1) is 0 Å². The van der Waals surface area contributed by atoms with Crippen molar-refractivity contribution in [2.24, 2.45) is 11.7 Å². The highest BCUT2D eigenvalue weighted by Gasteiger charge is 2.15. The van der Waals surface area contributed by atoms with Crippen LogP contribution in [0.2, 0.25) is 0 Å². The van der Waals surface area contributed by atoms with E-state index >= 15 is 0 Å². The predicted octanol–water partition coefficient (Wildman–Crippen LogP) is 2.86. The first-order chi connectivity index (χ1) is 8.43. The SMILES string of the molecule is Cc1ccc(Br)cc1C(=O)NC(CN)CC(C)C. The summed E-state index contributed by atoms with van der Waals surface area (Å²) in [5, 5.41) is 3.00. The van der Waals surface area contributed by atoms with Crippen molar-refractivity contribution in [3.05, 3.63) is 33.8 Å². The van der Waals surface area contributed by atoms with Crippen LogP contribution < -0.4 is 11.1 Å². The van der Waals surface area contributed by atoms with E-state index in [0.717, 1.165) is 16.5 Å². The van der Waals surface area contributed by atoms with Crippen LogP contribution in [0.4, 0.5) is 0 Å². The molecule has 0 saturated heterocycles. The van der Waals surface area contributed by atoms with E-state index in [4.69, 9.17) is 5.73 Å². The van der Waals surface area contributed by atoms with E-state index in [1.807, 2.05) is 25.1 Å². The lowest BCUT2D eigenvalue weighted by Crippen LogP contribution is -2.41. The Morgan fingerprint density at radius 3 is 2.67 bits per heavy atom. The maximum Gasteiger partial charge on any atom is 0.251 e. The Morgan fingerprint density at radius 2 is 2.11 bits per heavy atom. The summed E-state index contributed by atoms with van der Waals surface area (Å²) in [4.78, 5) is 12.2. The maximum atomic E-state index is 12.2. The van der Waals surface area contributed by atoms with Gasteiger partial charge in [0.05, 0.1) is 0 Å². The molecule has 1 aromatic carbocycles. The molecule has 0 fully saturated rings. The average molecular weight is 313 g/mol. The molecule has 1 atom stereocenters. The highest BCUT2D eigenvalue weighted by molar-refractivity contribution is 9.10. The molecule has 1 rings (SSSR count). The van der Waals surface area contributed by atoms with Crippen molar-refractivity contribution in [2.75, 3.05) is 6.54 Å². The number of rotatable bonds is 5. The molecule has 0 aliphatic carbocycles. The van der Waals surface area contributed by atoms with Gasteiger partial charge in [-0.3, -0.25) is 4.79 Å². The minimum Gasteiger partial charge on any atom is -0.348 e. The molecular weight excluding hydrogens is 292 g/mol. The van der Waals surface area contributed by atoms with Gasteiger partial charge < -0.3 is 11.1 Å². The molecule has 4 heteroatoms. The molecule has 0 aromatic heterocycles. The van der Waals surface area contributed by atoms with Crippen LogP contribution in [0.3, 0.4) is 0 Å². The van der Waals surface area contributed by atoms with Gasteiger partial charge in [0, 0.05) is 22.6 Å². The number of carbonyl (C=O) groups excluding carboxylic acids is 1. The minimum atomic E-state index is -0.0510. The molecule has 3 N–H and O–H groups in total. The van der Waals surface area contributed by atoms with Crippen LogP contribution in [0.15, 0.2) is 22.7 Å². The Labute approximate surface area is 117 Å². The van der Waals surface area contributed by atoms with Crippen molar-refractivity contribution in [3.8, 4) is 0 Å². The summed E-state index contributed by atoms with van der Waals surface area (Å²) in [6, 6.07) is 5.74. The molecule has 1 aromatic rings. The Balaban J connectivity index is 2.77. The molecule has 1 amide bonds. The summed E-state index contributed by atoms with van der Waals surface area (Å²) in [6.07, 6.45) is 0.898. The second-order valence-corrected chi connectivity index (χ2v) is 5.91. The summed E-state index contributed by atoms with van der Waals surface area (Å²) in [5.74, 6) is 0.465. The second kappa shape index (κ2) is 6.90. The monoisotopic (exact) mass is 312 g/mol. The average Bonchev–Trinajstić information content (AvgIpc) is 2.30. The summed E-state index contributed by atoms with van der Waals surface area (Å²) in [7, 11) is 0. The first-order valence-electron chi connectivity index (χ1n) is 6.21. The van der Waals surface area contributed by atoms with Crippen LogP contribution in [0.1, 0.15) is 36.2 Å². The van der Waals surface area contributed by atoms with Crippen LogP contribution in [0.25, 0.3) is 0 Å². The van der Waals surface area contributed by atoms with Crippen molar-refractivity contribution in [1.82, 2.24) is 5.32 Å². The molecule has 1 unspecified atom stereocenters. The zero-order valence-electron chi connectivity index (χ0n) is 11.2. The Hall–Kier alpha value is -0.870. The van der Waals surface area contributed by atoms with E-state index in [1.165, 1.54) is 0 Å². The van der Waals surface area contributed by atoms with E-state index in [1.54, 1.807) is 0 Å². The Bertz CT molecular complexity index is 418. The van der Waals surface area contributed by atoms with Crippen LogP contribution in [0, 0.1) is 12.8 Å². The molecule has 0 saturated carbocycles. The van der Waals surface area contributed by atoms with Gasteiger partial charge >= 0.3 is 0 Å². The summed E-state index contributed by atoms with van der Waals surface area (Å²) in [5.41, 5.74) is 7.36. The van der Waals surface area contributed by atoms with Crippen LogP contribution in [0.5, 0.6) is 0 Å². The Morgan fingerprint density at radius 1 is 1.44 bits per heavy atom. The lowest BCUT2D eigenvalue weighted by molar-refractivity contribution is 0.0933. The third-order valence-corrected chi connectivity index (χ3v) is 3.31. The zero-order valence-corrected chi connectivity index (χ0v) is 12.8. The van der Waals surface area contributed by atoms with Gasteiger partial charge in [0.1, 0.15) is 0 Å². The first-order valence-corrected chi connectivity index (χ1v) is 7.00. The fraction of sp³-hybridized carbons (Fsp3) is 0.500. The van der Waals surface area contributed by atoms with Crippen molar-refractivity contribution in [2.45, 2.75) is 33.2 Å². The topological polar surface area (TPSA) is 55.1 Å². The molecule has 0 heterocycles. The quantitative estimate of drug-likeness (QED) is 0.878. The van der Waals surface area contributed by atoms with Gasteiger partial charge in [0.15, 0.2) is 0 Å². The standard InChI is InChI=1S/C14H21BrN2O/c1-9(2)6-12(8-16)17-14(18)13-7-11(15)5-4-10(13)3/h4-5,7,9,12H,6,8,16H2,1-3H3,(H,17,18). The molecular formula is C14H21BrN2O. The normalized spacial score (nSPS) is 12.6. The second-order valence-electron chi connectivity index (χ2n) is 4.99. The molecule has 0 aliphatic rings. The van der Waals surface area contributed by atoms with Crippen molar-refractivity contribution < 1.29 is 4.79 Å². The number of halogens is 1. The van der Waals surface area contributed by atoms with Crippen LogP contribution in [-0.4, -0.2) is 18.5 Å². The highest BCUT2D eigenvalue weighted by atomic mass is 79.9. The van der Waals surface area contributed by atoms with Crippen LogP contribution >= 0.6 is 15.9 Å². The third kappa shape index (κ3) is 4.42. The van der Waals surface area contributed by atoms with Gasteiger partial charge in [-0.05, 0) is 37.0 Å². The minimum absolute atomic E-state index is 0.0379. The lowest BCUT2D eigenvalue weighted by atomic mass is 10.0. The maximum absolute atomic E-state index is 12.2. The number of aryl methyl sites for hydroxylation is 1. The van der Waals surface area contributed by atoms with Gasteiger partial charge in [-0.25, -0.2) is 0 Å². The van der Waals surface area contributed by atoms with Gasteiger partial charge in [-0.1, -0.05) is 35.8 Å². The van der Waals surface area contributed by atoms with E-state index in [-0.39, 0.29) is 11.9 Å². The smallest absolute Gasteiger partial charge is 0.251 e. The fourth-order valence-corrected chi connectivity index (χ4v) is 2.25. The molecule has 0 spiro atoms. The highest BCUT2D eigenvalue weighted by Crippen LogP contribution is 2.16. The molecule has 100 valence electrons. The molecule has 3 nitrogen and oxygen atoms in total. The number of hydrogen-bond donors (Lipinski definition) is 2. The number of nitrogens with two attached hydrogens (primary N) is 1. The van der Waals surface area contributed by atoms with E-state index < -0.39 is 0 Å². The zero-order chi connectivity index (χ0) is 13.7. The number of hydrogen-bond acceptors (Lipinski definition) is 2. The van der Waals surface area contributed by atoms with Gasteiger partial charge in [0.2, 0.25) is 0 Å². The first kappa shape index (κ1) is 15.2. The fourth-order valence-electron chi connectivity index (χ4n) is 1.89. The van der Waals surface area contributed by atoms with Gasteiger partial charge in [-0.2, -0.15) is 0 Å². The lowest BCUT2D eigenvalue weighted by Gasteiger charge is -2.19. The summed E-state index contributed by atoms with van der Waals surface area (Å²) >= 11 is 3.38. The predicted molar refractivity (Wildman–Crippen MR) is 78.6 cm³/mol. The van der Waals surface area contributed by atoms with Gasteiger partial charge in [0.25, 0.3) is 5.91 Å². The van der Waals surface area contributed by atoms with E-state index in [9.17, 15) is 4.79 Å².